The molecule has 3 unspecified atom stereocenters. The molecule has 0 radical (unpaired) electrons. The van der Waals surface area contributed by atoms with Crippen LogP contribution in [0.25, 0.3) is 0 Å². The Kier molecular flexibility index (Phi) is 22.3. The van der Waals surface area contributed by atoms with Crippen molar-refractivity contribution in [2.75, 3.05) is 33.5 Å². The molecule has 14 heteroatoms. The Labute approximate surface area is 399 Å². The van der Waals surface area contributed by atoms with E-state index in [0.29, 0.717) is 62.9 Å². The molecule has 67 heavy (non-hydrogen) atoms. The van der Waals surface area contributed by atoms with E-state index in [2.05, 4.69) is 6.92 Å². The molecule has 3 fully saturated rings. The van der Waals surface area contributed by atoms with Gasteiger partial charge in [-0.2, -0.15) is 0 Å². The topological polar surface area (TPSA) is 217 Å². The molecule has 1 aliphatic carbocycles. The molecule has 3 heterocycles. The van der Waals surface area contributed by atoms with Gasteiger partial charge in [0.05, 0.1) is 6.10 Å². The number of nitrogens with zero attached hydrogens (tertiary/aromatic N) is 1. The smallest absolute Gasteiger partial charge is 0.329 e. The number of esters is 1. The van der Waals surface area contributed by atoms with E-state index < -0.39 is 84.2 Å². The van der Waals surface area contributed by atoms with Crippen molar-refractivity contribution in [2.45, 2.75) is 168 Å². The van der Waals surface area contributed by atoms with Gasteiger partial charge >= 0.3 is 5.97 Å². The Hall–Kier alpha value is -3.37. The summed E-state index contributed by atoms with van der Waals surface area (Å²) in [7, 11) is 1.36. The Balaban J connectivity index is 1.74. The number of carbonyl (C=O) groups excluding carboxylic acids is 5. The van der Waals surface area contributed by atoms with E-state index in [0.717, 1.165) is 23.3 Å². The number of cyclic esters (lactones) is 1. The Bertz CT molecular complexity index is 1790. The van der Waals surface area contributed by atoms with E-state index in [1.54, 1.807) is 33.8 Å². The fraction of sp³-hybridized carbons (Fsp3) is 0.755. The lowest BCUT2D eigenvalue weighted by molar-refractivity contribution is -0.241. The predicted molar refractivity (Wildman–Crippen MR) is 254 cm³/mol. The van der Waals surface area contributed by atoms with Crippen LogP contribution in [0.4, 0.5) is 0 Å². The molecule has 1 amide bonds. The molecule has 0 spiro atoms. The minimum atomic E-state index is -2.49. The molecule has 14 nitrogen and oxygen atoms in total. The maximum atomic E-state index is 14.5. The molecule has 0 aromatic rings. The zero-order valence-electron chi connectivity index (χ0n) is 41.5. The first-order chi connectivity index (χ1) is 31.8. The van der Waals surface area contributed by atoms with Crippen LogP contribution in [0.5, 0.6) is 0 Å². The number of amides is 1. The van der Waals surface area contributed by atoms with E-state index in [9.17, 15) is 49.5 Å². The van der Waals surface area contributed by atoms with Crippen LogP contribution in [0.3, 0.4) is 0 Å². The van der Waals surface area contributed by atoms with Gasteiger partial charge in [-0.05, 0) is 101 Å². The normalized spacial score (nSPS) is 39.7. The van der Waals surface area contributed by atoms with Gasteiger partial charge < -0.3 is 44.6 Å². The fourth-order valence-electron chi connectivity index (χ4n) is 10.7. The molecule has 0 aromatic carbocycles. The molecule has 2 saturated heterocycles. The van der Waals surface area contributed by atoms with Crippen LogP contribution >= 0.6 is 0 Å². The van der Waals surface area contributed by atoms with Crippen molar-refractivity contribution in [2.24, 2.45) is 53.3 Å². The average molecular weight is 942 g/mol. The van der Waals surface area contributed by atoms with E-state index >= 15 is 0 Å². The summed E-state index contributed by atoms with van der Waals surface area (Å²) in [5.41, 5.74) is 1.19. The van der Waals surface area contributed by atoms with Crippen LogP contribution in [0.1, 0.15) is 132 Å². The molecule has 15 atom stereocenters. The third-order valence-corrected chi connectivity index (χ3v) is 15.5. The van der Waals surface area contributed by atoms with Gasteiger partial charge in [0.15, 0.2) is 5.78 Å². The summed E-state index contributed by atoms with van der Waals surface area (Å²) in [5, 5.41) is 55.1. The van der Waals surface area contributed by atoms with Crippen LogP contribution in [-0.2, 0) is 38.2 Å². The fourth-order valence-corrected chi connectivity index (χ4v) is 10.7. The Morgan fingerprint density at radius 3 is 2.25 bits per heavy atom. The molecule has 5 N–H and O–H groups in total. The van der Waals surface area contributed by atoms with Gasteiger partial charge in [0.2, 0.25) is 5.79 Å². The summed E-state index contributed by atoms with van der Waals surface area (Å²) in [6.45, 7) is 12.1. The lowest BCUT2D eigenvalue weighted by atomic mass is 9.72. The molecular weight excluding hydrogens is 859 g/mol. The molecule has 3 aliphatic heterocycles. The number of methoxy groups -OCH3 is 1. The van der Waals surface area contributed by atoms with Crippen molar-refractivity contribution < 1.29 is 63.7 Å². The molecular formula is C53H83NO13. The number of piperidine rings is 1. The maximum absolute atomic E-state index is 14.5. The van der Waals surface area contributed by atoms with Crippen molar-refractivity contribution in [3.8, 4) is 0 Å². The summed E-state index contributed by atoms with van der Waals surface area (Å²) in [4.78, 5) is 72.2. The number of Topliss-reactive ketones (excluding diaryl/α,β-unsaturated/α-hetero) is 3. The predicted octanol–water partition coefficient (Wildman–Crippen LogP) is 6.01. The minimum absolute atomic E-state index is 0.00900. The summed E-state index contributed by atoms with van der Waals surface area (Å²) < 4.78 is 18.0. The summed E-state index contributed by atoms with van der Waals surface area (Å²) >= 11 is 0. The van der Waals surface area contributed by atoms with Crippen molar-refractivity contribution >= 4 is 29.2 Å². The van der Waals surface area contributed by atoms with E-state index in [-0.39, 0.29) is 74.3 Å². The number of carbonyl (C=O) groups is 5. The SMILES string of the molecule is CO[C@H]1C(=O)[C@@H](C)C[C@H](C)/C=C/C=C/C=C(\C)[C@@H](CO)C[C@@H]2CCC[C@@H](C)[C@@](O)(O2)C(=O)C(=O)N2CCCC[C@H]2C(=O)O[C@H](C(CO)CC2CCC(C)[C@H](CO)C2)CC(=O)[C@H](C)/C=C(\C)[C@H]1O. The van der Waals surface area contributed by atoms with Crippen molar-refractivity contribution in [3.05, 3.63) is 47.6 Å². The number of rotatable bonds is 7. The van der Waals surface area contributed by atoms with Crippen molar-refractivity contribution in [1.29, 1.82) is 0 Å². The average Bonchev–Trinajstić information content (AvgIpc) is 3.45. The van der Waals surface area contributed by atoms with Crippen LogP contribution < -0.4 is 0 Å². The number of fused-ring (bicyclic) bond motifs is 3. The van der Waals surface area contributed by atoms with E-state index in [1.165, 1.54) is 7.11 Å². The van der Waals surface area contributed by atoms with Gasteiger partial charge in [0.25, 0.3) is 11.7 Å². The quantitative estimate of drug-likeness (QED) is 0.113. The second-order valence-corrected chi connectivity index (χ2v) is 20.6. The molecule has 1 saturated carbocycles. The van der Waals surface area contributed by atoms with E-state index in [4.69, 9.17) is 14.2 Å². The second kappa shape index (κ2) is 26.6. The number of hydrogen-bond donors (Lipinski definition) is 5. The lowest BCUT2D eigenvalue weighted by Gasteiger charge is -2.39. The zero-order valence-corrected chi connectivity index (χ0v) is 41.5. The molecule has 378 valence electrons. The summed E-state index contributed by atoms with van der Waals surface area (Å²) in [6, 6.07) is -1.22. The number of ketones is 3. The van der Waals surface area contributed by atoms with Crippen LogP contribution in [0, 0.1) is 53.3 Å². The van der Waals surface area contributed by atoms with E-state index in [1.807, 2.05) is 44.2 Å². The number of aliphatic hydroxyl groups is 5. The third kappa shape index (κ3) is 15.1. The maximum Gasteiger partial charge on any atom is 0.329 e. The minimum Gasteiger partial charge on any atom is -0.460 e. The highest BCUT2D eigenvalue weighted by atomic mass is 16.6. The van der Waals surface area contributed by atoms with Gasteiger partial charge in [-0.3, -0.25) is 19.2 Å². The largest absolute Gasteiger partial charge is 0.460 e. The van der Waals surface area contributed by atoms with Gasteiger partial charge in [-0.25, -0.2) is 4.79 Å². The first kappa shape index (κ1) is 56.2. The number of allylic oxidation sites excluding steroid dienone is 6. The lowest BCUT2D eigenvalue weighted by Crippen LogP contribution is -2.59. The molecule has 4 rings (SSSR count). The number of ether oxygens (including phenoxy) is 3. The number of hydrogen-bond acceptors (Lipinski definition) is 13. The third-order valence-electron chi connectivity index (χ3n) is 15.5. The number of aliphatic hydroxyl groups excluding tert-OH is 4. The standard InChI is InChI=1S/C53H83NO13/c1-32-15-10-9-11-16-33(2)41(30-56)27-43-18-14-17-38(7)53(64,67-43)50(61)51(62)54-22-13-12-19-44(54)52(63)66-46(42(31-57)26-39-21-20-34(3)40(25-39)29-55)28-45(58)35(4)24-37(6)48(60)49(65-8)47(59)36(5)23-32/h9-11,15-16,24,32,34-36,38-44,46,48-49,55-57,60,64H,12-14,17-23,25-31H2,1-8H3/b11-9+,15-10+,33-16+,37-24+/t32-,34?,35-,36+,38-,39?,40+,41-,42?,43+,44+,46+,48-,49+,53-/m1/s1. The highest BCUT2D eigenvalue weighted by molar-refractivity contribution is 6.39. The second-order valence-electron chi connectivity index (χ2n) is 20.6. The summed E-state index contributed by atoms with van der Waals surface area (Å²) in [6.07, 6.45) is 12.6. The van der Waals surface area contributed by atoms with Gasteiger partial charge in [0.1, 0.15) is 30.1 Å². The van der Waals surface area contributed by atoms with Gasteiger partial charge in [-0.1, -0.05) is 95.9 Å². The molecule has 4 aliphatic rings. The first-order valence-corrected chi connectivity index (χ1v) is 25.1. The highest BCUT2D eigenvalue weighted by Gasteiger charge is 2.52. The van der Waals surface area contributed by atoms with Crippen LogP contribution in [0.15, 0.2) is 47.6 Å². The van der Waals surface area contributed by atoms with Crippen molar-refractivity contribution in [1.82, 2.24) is 4.90 Å². The first-order valence-electron chi connectivity index (χ1n) is 25.1. The highest BCUT2D eigenvalue weighted by Crippen LogP contribution is 2.39. The van der Waals surface area contributed by atoms with Crippen LogP contribution in [0.2, 0.25) is 0 Å². The molecule has 2 bridgehead atoms. The summed E-state index contributed by atoms with van der Waals surface area (Å²) in [5.74, 6) is -8.85. The van der Waals surface area contributed by atoms with Gasteiger partial charge in [-0.15, -0.1) is 0 Å². The Morgan fingerprint density at radius 2 is 1.58 bits per heavy atom. The monoisotopic (exact) mass is 942 g/mol. The van der Waals surface area contributed by atoms with Crippen molar-refractivity contribution in [3.63, 3.8) is 0 Å². The Morgan fingerprint density at radius 1 is 0.851 bits per heavy atom. The van der Waals surface area contributed by atoms with Crippen LogP contribution in [-0.4, -0.2) is 129 Å². The zero-order chi connectivity index (χ0) is 49.6. The van der Waals surface area contributed by atoms with Gasteiger partial charge in [0, 0.05) is 69.5 Å². The molecule has 0 aromatic heterocycles.